The normalized spacial score (nSPS) is 21.7. The van der Waals surface area contributed by atoms with Gasteiger partial charge in [-0.2, -0.15) is 0 Å². The zero-order valence-corrected chi connectivity index (χ0v) is 13.9. The van der Waals surface area contributed by atoms with Crippen LogP contribution in [0.15, 0.2) is 24.3 Å². The molecule has 23 heavy (non-hydrogen) atoms. The molecule has 2 aliphatic rings. The lowest BCUT2D eigenvalue weighted by molar-refractivity contribution is -0.121. The SMILES string of the molecule is O=C1CCN(Cc2ccccc2C2CCN(CCO)CC2)CC1. The molecule has 0 saturated carbocycles. The number of hydrogen-bond acceptors (Lipinski definition) is 4. The zero-order valence-electron chi connectivity index (χ0n) is 13.9. The van der Waals surface area contributed by atoms with Crippen molar-refractivity contribution in [2.45, 2.75) is 38.1 Å². The van der Waals surface area contributed by atoms with Gasteiger partial charge in [-0.3, -0.25) is 9.69 Å². The number of rotatable bonds is 5. The number of nitrogens with zero attached hydrogens (tertiary/aromatic N) is 2. The van der Waals surface area contributed by atoms with Gasteiger partial charge in [0.1, 0.15) is 5.78 Å². The fourth-order valence-electron chi connectivity index (χ4n) is 3.89. The second-order valence-electron chi connectivity index (χ2n) is 6.85. The molecule has 2 heterocycles. The van der Waals surface area contributed by atoms with Gasteiger partial charge in [0.25, 0.3) is 0 Å². The Morgan fingerprint density at radius 3 is 2.39 bits per heavy atom. The maximum absolute atomic E-state index is 11.4. The molecule has 3 rings (SSSR count). The van der Waals surface area contributed by atoms with Crippen molar-refractivity contribution in [2.75, 3.05) is 39.3 Å². The van der Waals surface area contributed by atoms with Gasteiger partial charge in [0.2, 0.25) is 0 Å². The molecular formula is C19H28N2O2. The lowest BCUT2D eigenvalue weighted by atomic mass is 9.86. The predicted octanol–water partition coefficient (Wildman–Crippen LogP) is 2.02. The van der Waals surface area contributed by atoms with E-state index in [1.807, 2.05) is 0 Å². The molecule has 126 valence electrons. The minimum absolute atomic E-state index is 0.259. The van der Waals surface area contributed by atoms with Gasteiger partial charge in [-0.25, -0.2) is 0 Å². The van der Waals surface area contributed by atoms with Crippen molar-refractivity contribution in [3.8, 4) is 0 Å². The van der Waals surface area contributed by atoms with Crippen molar-refractivity contribution >= 4 is 5.78 Å². The van der Waals surface area contributed by atoms with Crippen molar-refractivity contribution in [1.29, 1.82) is 0 Å². The standard InChI is InChI=1S/C19H28N2O2/c22-14-13-20-9-5-16(6-10-20)19-4-2-1-3-17(19)15-21-11-7-18(23)8-12-21/h1-4,16,22H,5-15H2. The summed E-state index contributed by atoms with van der Waals surface area (Å²) in [5, 5.41) is 9.08. The van der Waals surface area contributed by atoms with Crippen LogP contribution < -0.4 is 0 Å². The molecule has 4 heteroatoms. The Kier molecular flexibility index (Phi) is 5.81. The van der Waals surface area contributed by atoms with E-state index in [1.54, 1.807) is 0 Å². The number of β-amino-alcohol motifs (C(OH)–C–C–N with tert-alkyl or cyclic N) is 1. The van der Waals surface area contributed by atoms with Crippen LogP contribution in [0.2, 0.25) is 0 Å². The number of hydrogen-bond donors (Lipinski definition) is 1. The first-order chi connectivity index (χ1) is 11.3. The summed E-state index contributed by atoms with van der Waals surface area (Å²) in [5.74, 6) is 1.04. The molecule has 4 nitrogen and oxygen atoms in total. The van der Waals surface area contributed by atoms with Crippen LogP contribution in [-0.2, 0) is 11.3 Å². The molecule has 0 spiro atoms. The number of carbonyl (C=O) groups is 1. The van der Waals surface area contributed by atoms with Gasteiger partial charge < -0.3 is 10.0 Å². The Labute approximate surface area is 139 Å². The molecule has 0 radical (unpaired) electrons. The van der Waals surface area contributed by atoms with Crippen LogP contribution in [0.1, 0.15) is 42.7 Å². The molecule has 0 bridgehead atoms. The Balaban J connectivity index is 1.63. The first kappa shape index (κ1) is 16.6. The van der Waals surface area contributed by atoms with Crippen molar-refractivity contribution in [1.82, 2.24) is 9.80 Å². The lowest BCUT2D eigenvalue weighted by Crippen LogP contribution is -2.36. The average Bonchev–Trinajstić information content (AvgIpc) is 2.59. The highest BCUT2D eigenvalue weighted by Crippen LogP contribution is 2.31. The first-order valence-electron chi connectivity index (χ1n) is 8.91. The van der Waals surface area contributed by atoms with Gasteiger partial charge in [-0.05, 0) is 43.0 Å². The largest absolute Gasteiger partial charge is 0.395 e. The van der Waals surface area contributed by atoms with Gasteiger partial charge in [0.05, 0.1) is 6.61 Å². The highest BCUT2D eigenvalue weighted by atomic mass is 16.3. The summed E-state index contributed by atoms with van der Waals surface area (Å²) in [7, 11) is 0. The van der Waals surface area contributed by atoms with Crippen LogP contribution >= 0.6 is 0 Å². The van der Waals surface area contributed by atoms with Crippen molar-refractivity contribution < 1.29 is 9.90 Å². The van der Waals surface area contributed by atoms with Crippen molar-refractivity contribution in [3.05, 3.63) is 35.4 Å². The number of Topliss-reactive ketones (excluding diaryl/α,β-unsaturated/α-hetero) is 1. The van der Waals surface area contributed by atoms with Gasteiger partial charge >= 0.3 is 0 Å². The predicted molar refractivity (Wildman–Crippen MR) is 91.5 cm³/mol. The Morgan fingerprint density at radius 1 is 1.00 bits per heavy atom. The van der Waals surface area contributed by atoms with E-state index in [1.165, 1.54) is 24.0 Å². The molecule has 2 aliphatic heterocycles. The number of aliphatic hydroxyl groups excluding tert-OH is 1. The molecule has 1 aromatic rings. The summed E-state index contributed by atoms with van der Waals surface area (Å²) >= 11 is 0. The fraction of sp³-hybridized carbons (Fsp3) is 0.632. The third-order valence-electron chi connectivity index (χ3n) is 5.31. The van der Waals surface area contributed by atoms with Gasteiger partial charge in [-0.15, -0.1) is 0 Å². The quantitative estimate of drug-likeness (QED) is 0.903. The third-order valence-corrected chi connectivity index (χ3v) is 5.31. The second-order valence-corrected chi connectivity index (χ2v) is 6.85. The van der Waals surface area contributed by atoms with Gasteiger partial charge in [0.15, 0.2) is 0 Å². The number of carbonyl (C=O) groups excluding carboxylic acids is 1. The molecule has 1 aromatic carbocycles. The maximum Gasteiger partial charge on any atom is 0.135 e. The fourth-order valence-corrected chi connectivity index (χ4v) is 3.89. The summed E-state index contributed by atoms with van der Waals surface area (Å²) in [5.41, 5.74) is 2.93. The van der Waals surface area contributed by atoms with E-state index in [-0.39, 0.29) is 6.61 Å². The van der Waals surface area contributed by atoms with E-state index in [9.17, 15) is 4.79 Å². The zero-order chi connectivity index (χ0) is 16.1. The van der Waals surface area contributed by atoms with Crippen molar-refractivity contribution in [2.24, 2.45) is 0 Å². The van der Waals surface area contributed by atoms with Crippen LogP contribution in [0.25, 0.3) is 0 Å². The molecule has 0 aliphatic carbocycles. The molecule has 2 fully saturated rings. The van der Waals surface area contributed by atoms with Gasteiger partial charge in [0, 0.05) is 39.0 Å². The number of piperidine rings is 2. The summed E-state index contributed by atoms with van der Waals surface area (Å²) in [6, 6.07) is 8.83. The third kappa shape index (κ3) is 4.40. The molecule has 0 amide bonds. The van der Waals surface area contributed by atoms with E-state index in [0.29, 0.717) is 24.5 Å². The minimum atomic E-state index is 0.259. The minimum Gasteiger partial charge on any atom is -0.395 e. The molecule has 1 N–H and O–H groups in total. The monoisotopic (exact) mass is 316 g/mol. The van der Waals surface area contributed by atoms with Crippen LogP contribution in [0.4, 0.5) is 0 Å². The Bertz CT molecular complexity index is 514. The molecular weight excluding hydrogens is 288 g/mol. The second kappa shape index (κ2) is 8.04. The van der Waals surface area contributed by atoms with Crippen LogP contribution in [0.5, 0.6) is 0 Å². The van der Waals surface area contributed by atoms with E-state index >= 15 is 0 Å². The lowest BCUT2D eigenvalue weighted by Gasteiger charge is -2.33. The van der Waals surface area contributed by atoms with E-state index in [4.69, 9.17) is 5.11 Å². The highest BCUT2D eigenvalue weighted by molar-refractivity contribution is 5.79. The Morgan fingerprint density at radius 2 is 1.70 bits per heavy atom. The van der Waals surface area contributed by atoms with E-state index in [0.717, 1.165) is 39.3 Å². The van der Waals surface area contributed by atoms with Gasteiger partial charge in [-0.1, -0.05) is 24.3 Å². The number of ketones is 1. The van der Waals surface area contributed by atoms with Crippen LogP contribution in [0.3, 0.4) is 0 Å². The molecule has 0 atom stereocenters. The highest BCUT2D eigenvalue weighted by Gasteiger charge is 2.23. The Hall–Kier alpha value is -1.23. The maximum atomic E-state index is 11.4. The molecule has 2 saturated heterocycles. The smallest absolute Gasteiger partial charge is 0.135 e. The van der Waals surface area contributed by atoms with E-state index in [2.05, 4.69) is 34.1 Å². The summed E-state index contributed by atoms with van der Waals surface area (Å²) in [6.45, 7) is 6.01. The number of likely N-dealkylation sites (tertiary alicyclic amines) is 2. The average molecular weight is 316 g/mol. The van der Waals surface area contributed by atoms with Crippen LogP contribution in [0, 0.1) is 0 Å². The van der Waals surface area contributed by atoms with Crippen LogP contribution in [-0.4, -0.2) is 60.0 Å². The number of aliphatic hydroxyl groups is 1. The number of benzene rings is 1. The topological polar surface area (TPSA) is 43.8 Å². The molecule has 0 aromatic heterocycles. The van der Waals surface area contributed by atoms with E-state index < -0.39 is 0 Å². The van der Waals surface area contributed by atoms with Crippen molar-refractivity contribution in [3.63, 3.8) is 0 Å². The summed E-state index contributed by atoms with van der Waals surface area (Å²) in [6.07, 6.45) is 3.77. The first-order valence-corrected chi connectivity index (χ1v) is 8.91. The summed E-state index contributed by atoms with van der Waals surface area (Å²) < 4.78 is 0. The summed E-state index contributed by atoms with van der Waals surface area (Å²) in [4.78, 5) is 16.2. The molecule has 0 unspecified atom stereocenters.